The first-order valence-corrected chi connectivity index (χ1v) is 7.38. The molecule has 0 amide bonds. The number of hydrogen-bond donors (Lipinski definition) is 1. The van der Waals surface area contributed by atoms with Crippen LogP contribution in [0.15, 0.2) is 18.3 Å². The van der Waals surface area contributed by atoms with Gasteiger partial charge >= 0.3 is 0 Å². The number of hydrogen-bond acceptors (Lipinski definition) is 4. The number of piperidine rings is 2. The number of fused-ring (bicyclic) bond motifs is 1. The summed E-state index contributed by atoms with van der Waals surface area (Å²) in [6.07, 6.45) is 5.84. The Morgan fingerprint density at radius 1 is 1.37 bits per heavy atom. The van der Waals surface area contributed by atoms with Gasteiger partial charge in [0.2, 0.25) is 0 Å². The van der Waals surface area contributed by atoms with Crippen molar-refractivity contribution in [2.24, 2.45) is 11.7 Å². The number of aromatic nitrogens is 1. The maximum Gasteiger partial charge on any atom is 0.128 e. The molecule has 0 bridgehead atoms. The van der Waals surface area contributed by atoms with Crippen molar-refractivity contribution < 1.29 is 0 Å². The van der Waals surface area contributed by atoms with Crippen LogP contribution in [0.1, 0.15) is 24.8 Å². The molecule has 2 atom stereocenters. The molecule has 2 aliphatic rings. The molecule has 2 N–H and O–H groups in total. The Hall–Kier alpha value is -1.13. The number of anilines is 1. The SMILES string of the molecule is CN1CCCC2CN(c3cc(CN)ccn3)CCC21. The summed E-state index contributed by atoms with van der Waals surface area (Å²) in [5, 5.41) is 0. The molecule has 0 radical (unpaired) electrons. The third-order valence-electron chi connectivity index (χ3n) is 4.72. The molecule has 4 nitrogen and oxygen atoms in total. The third-order valence-corrected chi connectivity index (χ3v) is 4.72. The van der Waals surface area contributed by atoms with Gasteiger partial charge in [-0.05, 0) is 56.5 Å². The summed E-state index contributed by atoms with van der Waals surface area (Å²) >= 11 is 0. The largest absolute Gasteiger partial charge is 0.356 e. The van der Waals surface area contributed by atoms with Gasteiger partial charge in [0.1, 0.15) is 5.82 Å². The number of pyridine rings is 1. The van der Waals surface area contributed by atoms with Gasteiger partial charge in [-0.3, -0.25) is 0 Å². The first-order valence-electron chi connectivity index (χ1n) is 7.38. The summed E-state index contributed by atoms with van der Waals surface area (Å²) in [4.78, 5) is 9.52. The molecule has 2 saturated heterocycles. The molecule has 0 saturated carbocycles. The van der Waals surface area contributed by atoms with Gasteiger partial charge in [0.15, 0.2) is 0 Å². The van der Waals surface area contributed by atoms with E-state index in [4.69, 9.17) is 5.73 Å². The maximum atomic E-state index is 5.72. The van der Waals surface area contributed by atoms with Crippen molar-refractivity contribution in [1.29, 1.82) is 0 Å². The Balaban J connectivity index is 1.73. The molecule has 0 spiro atoms. The van der Waals surface area contributed by atoms with E-state index in [1.54, 1.807) is 0 Å². The highest BCUT2D eigenvalue weighted by molar-refractivity contribution is 5.41. The van der Waals surface area contributed by atoms with Crippen LogP contribution < -0.4 is 10.6 Å². The Morgan fingerprint density at radius 3 is 3.11 bits per heavy atom. The number of likely N-dealkylation sites (tertiary alicyclic amines) is 1. The smallest absolute Gasteiger partial charge is 0.128 e. The van der Waals surface area contributed by atoms with Crippen LogP contribution in [0.2, 0.25) is 0 Å². The van der Waals surface area contributed by atoms with Crippen LogP contribution in [0, 0.1) is 5.92 Å². The second-order valence-electron chi connectivity index (χ2n) is 5.91. The quantitative estimate of drug-likeness (QED) is 0.874. The molecule has 3 rings (SSSR count). The maximum absolute atomic E-state index is 5.72. The zero-order valence-electron chi connectivity index (χ0n) is 11.8. The summed E-state index contributed by atoms with van der Waals surface area (Å²) in [6.45, 7) is 4.13. The predicted octanol–water partition coefficient (Wildman–Crippen LogP) is 1.46. The minimum atomic E-state index is 0.595. The topological polar surface area (TPSA) is 45.4 Å². The fourth-order valence-corrected chi connectivity index (χ4v) is 3.62. The molecular weight excluding hydrogens is 236 g/mol. The fourth-order valence-electron chi connectivity index (χ4n) is 3.62. The third kappa shape index (κ3) is 2.60. The normalized spacial score (nSPS) is 28.2. The number of nitrogens with zero attached hydrogens (tertiary/aromatic N) is 3. The molecule has 2 unspecified atom stereocenters. The second kappa shape index (κ2) is 5.47. The lowest BCUT2D eigenvalue weighted by Crippen LogP contribution is -2.52. The molecular formula is C15H24N4. The number of rotatable bonds is 2. The van der Waals surface area contributed by atoms with E-state index >= 15 is 0 Å². The Morgan fingerprint density at radius 2 is 2.26 bits per heavy atom. The van der Waals surface area contributed by atoms with E-state index in [-0.39, 0.29) is 0 Å². The van der Waals surface area contributed by atoms with Crippen LogP contribution in [-0.4, -0.2) is 42.6 Å². The lowest BCUT2D eigenvalue weighted by atomic mass is 9.84. The summed E-state index contributed by atoms with van der Waals surface area (Å²) in [5.41, 5.74) is 6.89. The Labute approximate surface area is 115 Å². The zero-order chi connectivity index (χ0) is 13.2. The highest BCUT2D eigenvalue weighted by Crippen LogP contribution is 2.31. The minimum Gasteiger partial charge on any atom is -0.356 e. The molecule has 1 aromatic rings. The van der Waals surface area contributed by atoms with Crippen molar-refractivity contribution in [3.8, 4) is 0 Å². The average molecular weight is 260 g/mol. The average Bonchev–Trinajstić information content (AvgIpc) is 2.47. The van der Waals surface area contributed by atoms with E-state index in [0.717, 1.165) is 30.9 Å². The van der Waals surface area contributed by atoms with Gasteiger partial charge in [-0.1, -0.05) is 0 Å². The first kappa shape index (κ1) is 12.9. The van der Waals surface area contributed by atoms with Gasteiger partial charge in [0.25, 0.3) is 0 Å². The summed E-state index contributed by atoms with van der Waals surface area (Å²) in [6, 6.07) is 4.93. The fraction of sp³-hybridized carbons (Fsp3) is 0.667. The van der Waals surface area contributed by atoms with Crippen molar-refractivity contribution in [3.05, 3.63) is 23.9 Å². The van der Waals surface area contributed by atoms with Crippen LogP contribution in [0.4, 0.5) is 5.82 Å². The highest BCUT2D eigenvalue weighted by atomic mass is 15.2. The van der Waals surface area contributed by atoms with Gasteiger partial charge < -0.3 is 15.5 Å². The van der Waals surface area contributed by atoms with Crippen LogP contribution in [0.3, 0.4) is 0 Å². The van der Waals surface area contributed by atoms with Crippen molar-refractivity contribution in [2.75, 3.05) is 31.6 Å². The van der Waals surface area contributed by atoms with E-state index < -0.39 is 0 Å². The van der Waals surface area contributed by atoms with E-state index in [2.05, 4.69) is 27.9 Å². The monoisotopic (exact) mass is 260 g/mol. The summed E-state index contributed by atoms with van der Waals surface area (Å²) < 4.78 is 0. The van der Waals surface area contributed by atoms with Gasteiger partial charge in [0, 0.05) is 31.9 Å². The zero-order valence-corrected chi connectivity index (χ0v) is 11.8. The molecule has 104 valence electrons. The van der Waals surface area contributed by atoms with E-state index in [0.29, 0.717) is 6.54 Å². The minimum absolute atomic E-state index is 0.595. The molecule has 4 heteroatoms. The lowest BCUT2D eigenvalue weighted by Gasteiger charge is -2.46. The van der Waals surface area contributed by atoms with Gasteiger partial charge in [-0.25, -0.2) is 4.98 Å². The molecule has 0 aliphatic carbocycles. The Bertz CT molecular complexity index is 434. The van der Waals surface area contributed by atoms with Crippen molar-refractivity contribution in [1.82, 2.24) is 9.88 Å². The second-order valence-corrected chi connectivity index (χ2v) is 5.91. The van der Waals surface area contributed by atoms with Crippen LogP contribution in [-0.2, 0) is 6.54 Å². The van der Waals surface area contributed by atoms with Gasteiger partial charge in [-0.15, -0.1) is 0 Å². The molecule has 1 aromatic heterocycles. The van der Waals surface area contributed by atoms with Gasteiger partial charge in [-0.2, -0.15) is 0 Å². The lowest BCUT2D eigenvalue weighted by molar-refractivity contribution is 0.102. The van der Waals surface area contributed by atoms with E-state index in [9.17, 15) is 0 Å². The molecule has 2 aliphatic heterocycles. The number of nitrogens with two attached hydrogens (primary N) is 1. The van der Waals surface area contributed by atoms with Crippen LogP contribution >= 0.6 is 0 Å². The van der Waals surface area contributed by atoms with Crippen molar-refractivity contribution in [3.63, 3.8) is 0 Å². The molecule has 0 aromatic carbocycles. The van der Waals surface area contributed by atoms with E-state index in [1.807, 2.05) is 12.3 Å². The van der Waals surface area contributed by atoms with Crippen LogP contribution in [0.5, 0.6) is 0 Å². The van der Waals surface area contributed by atoms with E-state index in [1.165, 1.54) is 31.4 Å². The highest BCUT2D eigenvalue weighted by Gasteiger charge is 2.34. The predicted molar refractivity (Wildman–Crippen MR) is 78.1 cm³/mol. The molecule has 19 heavy (non-hydrogen) atoms. The molecule has 2 fully saturated rings. The summed E-state index contributed by atoms with van der Waals surface area (Å²) in [5.74, 6) is 1.91. The van der Waals surface area contributed by atoms with Crippen molar-refractivity contribution in [2.45, 2.75) is 31.8 Å². The Kier molecular flexibility index (Phi) is 3.71. The van der Waals surface area contributed by atoms with Gasteiger partial charge in [0.05, 0.1) is 0 Å². The first-order chi connectivity index (χ1) is 9.28. The van der Waals surface area contributed by atoms with Crippen molar-refractivity contribution >= 4 is 5.82 Å². The molecule has 3 heterocycles. The summed E-state index contributed by atoms with van der Waals surface area (Å²) in [7, 11) is 2.28. The van der Waals surface area contributed by atoms with Crippen LogP contribution in [0.25, 0.3) is 0 Å². The standard InChI is InChI=1S/C15H24N4/c1-18-7-2-3-13-11-19(8-5-14(13)18)15-9-12(10-16)4-6-17-15/h4,6,9,13-14H,2-3,5,7-8,10-11,16H2,1H3.